The monoisotopic (exact) mass is 272 g/mol. The Morgan fingerprint density at radius 2 is 1.74 bits per heavy atom. The second kappa shape index (κ2) is 6.01. The van der Waals surface area contributed by atoms with Gasteiger partial charge in [0.05, 0.1) is 0 Å². The fourth-order valence-corrected chi connectivity index (χ4v) is 2.14. The van der Waals surface area contributed by atoms with Crippen molar-refractivity contribution in [2.75, 3.05) is 20.3 Å². The SMILES string of the molecule is COC1(C(=O)C(C)C(=O)OC(C)(C)C)CCOCC1. The molecule has 1 unspecified atom stereocenters. The zero-order chi connectivity index (χ0) is 14.7. The predicted octanol–water partition coefficient (Wildman–Crippen LogP) is 1.73. The van der Waals surface area contributed by atoms with Crippen molar-refractivity contribution >= 4 is 11.8 Å². The van der Waals surface area contributed by atoms with Crippen molar-refractivity contribution in [3.8, 4) is 0 Å². The first kappa shape index (κ1) is 16.1. The first-order chi connectivity index (χ1) is 8.72. The summed E-state index contributed by atoms with van der Waals surface area (Å²) >= 11 is 0. The average molecular weight is 272 g/mol. The standard InChI is InChI=1S/C14H24O5/c1-10(12(16)19-13(2,3)4)11(15)14(17-5)6-8-18-9-7-14/h10H,6-9H2,1-5H3. The van der Waals surface area contributed by atoms with Crippen molar-refractivity contribution in [3.05, 3.63) is 0 Å². The molecule has 0 saturated carbocycles. The van der Waals surface area contributed by atoms with Gasteiger partial charge in [0.25, 0.3) is 0 Å². The molecule has 0 spiro atoms. The minimum absolute atomic E-state index is 0.215. The van der Waals surface area contributed by atoms with Gasteiger partial charge in [-0.15, -0.1) is 0 Å². The van der Waals surface area contributed by atoms with Crippen LogP contribution >= 0.6 is 0 Å². The summed E-state index contributed by atoms with van der Waals surface area (Å²) in [5.74, 6) is -1.54. The van der Waals surface area contributed by atoms with E-state index in [2.05, 4.69) is 0 Å². The fourth-order valence-electron chi connectivity index (χ4n) is 2.14. The van der Waals surface area contributed by atoms with Crippen molar-refractivity contribution in [1.82, 2.24) is 0 Å². The number of methoxy groups -OCH3 is 1. The Bertz CT molecular complexity index is 336. The van der Waals surface area contributed by atoms with Gasteiger partial charge in [-0.2, -0.15) is 0 Å². The lowest BCUT2D eigenvalue weighted by atomic mass is 9.83. The molecule has 1 atom stereocenters. The van der Waals surface area contributed by atoms with E-state index >= 15 is 0 Å². The summed E-state index contributed by atoms with van der Waals surface area (Å²) < 4.78 is 15.9. The molecule has 19 heavy (non-hydrogen) atoms. The van der Waals surface area contributed by atoms with Gasteiger partial charge in [0.1, 0.15) is 17.1 Å². The van der Waals surface area contributed by atoms with Crippen LogP contribution in [0, 0.1) is 5.92 Å². The largest absolute Gasteiger partial charge is 0.459 e. The minimum atomic E-state index is -0.908. The number of ether oxygens (including phenoxy) is 3. The quantitative estimate of drug-likeness (QED) is 0.576. The maximum absolute atomic E-state index is 12.5. The molecule has 0 aromatic carbocycles. The van der Waals surface area contributed by atoms with Crippen LogP contribution < -0.4 is 0 Å². The predicted molar refractivity (Wildman–Crippen MR) is 69.8 cm³/mol. The van der Waals surface area contributed by atoms with Gasteiger partial charge in [-0.1, -0.05) is 0 Å². The average Bonchev–Trinajstić information content (AvgIpc) is 2.35. The van der Waals surface area contributed by atoms with Crippen molar-refractivity contribution in [3.63, 3.8) is 0 Å². The van der Waals surface area contributed by atoms with Crippen LogP contribution in [0.25, 0.3) is 0 Å². The van der Waals surface area contributed by atoms with Crippen molar-refractivity contribution in [2.24, 2.45) is 5.92 Å². The zero-order valence-corrected chi connectivity index (χ0v) is 12.4. The van der Waals surface area contributed by atoms with E-state index in [1.807, 2.05) is 0 Å². The zero-order valence-electron chi connectivity index (χ0n) is 12.4. The van der Waals surface area contributed by atoms with E-state index in [4.69, 9.17) is 14.2 Å². The molecule has 5 nitrogen and oxygen atoms in total. The molecule has 0 radical (unpaired) electrons. The van der Waals surface area contributed by atoms with Gasteiger partial charge in [-0.25, -0.2) is 0 Å². The molecule has 0 aromatic rings. The van der Waals surface area contributed by atoms with Crippen LogP contribution in [0.3, 0.4) is 0 Å². The van der Waals surface area contributed by atoms with Crippen molar-refractivity contribution in [1.29, 1.82) is 0 Å². The third-order valence-electron chi connectivity index (χ3n) is 3.29. The first-order valence-corrected chi connectivity index (χ1v) is 6.62. The van der Waals surface area contributed by atoms with Crippen LogP contribution in [0.5, 0.6) is 0 Å². The van der Waals surface area contributed by atoms with Crippen molar-refractivity contribution < 1.29 is 23.8 Å². The Morgan fingerprint density at radius 3 is 2.16 bits per heavy atom. The molecular weight excluding hydrogens is 248 g/mol. The van der Waals surface area contributed by atoms with Gasteiger partial charge < -0.3 is 14.2 Å². The highest BCUT2D eigenvalue weighted by Crippen LogP contribution is 2.29. The topological polar surface area (TPSA) is 61.8 Å². The summed E-state index contributed by atoms with van der Waals surface area (Å²) in [7, 11) is 1.50. The molecule has 0 N–H and O–H groups in total. The normalized spacial score (nSPS) is 20.7. The second-order valence-electron chi connectivity index (χ2n) is 5.93. The molecule has 0 aliphatic carbocycles. The molecule has 110 valence electrons. The molecule has 1 aliphatic heterocycles. The highest BCUT2D eigenvalue weighted by atomic mass is 16.6. The van der Waals surface area contributed by atoms with Crippen LogP contribution in [0.1, 0.15) is 40.5 Å². The van der Waals surface area contributed by atoms with E-state index in [1.165, 1.54) is 7.11 Å². The summed E-state index contributed by atoms with van der Waals surface area (Å²) in [6, 6.07) is 0. The van der Waals surface area contributed by atoms with E-state index in [0.29, 0.717) is 26.1 Å². The Morgan fingerprint density at radius 1 is 1.21 bits per heavy atom. The summed E-state index contributed by atoms with van der Waals surface area (Å²) in [4.78, 5) is 24.5. The summed E-state index contributed by atoms with van der Waals surface area (Å²) in [5.41, 5.74) is -1.50. The second-order valence-corrected chi connectivity index (χ2v) is 5.93. The molecular formula is C14H24O5. The molecule has 5 heteroatoms. The van der Waals surface area contributed by atoms with E-state index in [0.717, 1.165) is 0 Å². The summed E-state index contributed by atoms with van der Waals surface area (Å²) in [6.07, 6.45) is 0.963. The molecule has 1 aliphatic rings. The van der Waals surface area contributed by atoms with Gasteiger partial charge in [0, 0.05) is 33.2 Å². The number of esters is 1. The minimum Gasteiger partial charge on any atom is -0.459 e. The Balaban J connectivity index is 2.77. The number of rotatable bonds is 4. The highest BCUT2D eigenvalue weighted by molar-refractivity contribution is 6.03. The van der Waals surface area contributed by atoms with Crippen LogP contribution in [0.2, 0.25) is 0 Å². The van der Waals surface area contributed by atoms with Crippen molar-refractivity contribution in [2.45, 2.75) is 51.7 Å². The van der Waals surface area contributed by atoms with E-state index in [1.54, 1.807) is 27.7 Å². The van der Waals surface area contributed by atoms with E-state index < -0.39 is 23.1 Å². The van der Waals surface area contributed by atoms with Gasteiger partial charge in [-0.05, 0) is 27.7 Å². The number of carbonyl (C=O) groups excluding carboxylic acids is 2. The molecule has 0 bridgehead atoms. The van der Waals surface area contributed by atoms with Gasteiger partial charge in [0.15, 0.2) is 5.78 Å². The molecule has 1 fully saturated rings. The molecule has 1 heterocycles. The summed E-state index contributed by atoms with van der Waals surface area (Å²) in [5, 5.41) is 0. The Kier molecular flexibility index (Phi) is 5.10. The Labute approximate surface area is 114 Å². The van der Waals surface area contributed by atoms with Crippen LogP contribution in [-0.2, 0) is 23.8 Å². The molecule has 1 saturated heterocycles. The number of ketones is 1. The smallest absolute Gasteiger partial charge is 0.316 e. The number of hydrogen-bond donors (Lipinski definition) is 0. The highest BCUT2D eigenvalue weighted by Gasteiger charge is 2.45. The summed E-state index contributed by atoms with van der Waals surface area (Å²) in [6.45, 7) is 7.86. The van der Waals surface area contributed by atoms with E-state index in [9.17, 15) is 9.59 Å². The van der Waals surface area contributed by atoms with Gasteiger partial charge >= 0.3 is 5.97 Å². The number of Topliss-reactive ketones (excluding diaryl/α,β-unsaturated/α-hetero) is 1. The maximum atomic E-state index is 12.5. The Hall–Kier alpha value is -0.940. The van der Waals surface area contributed by atoms with Gasteiger partial charge in [-0.3, -0.25) is 9.59 Å². The molecule has 1 rings (SSSR count). The third-order valence-corrected chi connectivity index (χ3v) is 3.29. The van der Waals surface area contributed by atoms with E-state index in [-0.39, 0.29) is 5.78 Å². The lowest BCUT2D eigenvalue weighted by Crippen LogP contribution is -2.50. The lowest BCUT2D eigenvalue weighted by Gasteiger charge is -2.36. The maximum Gasteiger partial charge on any atom is 0.316 e. The number of carbonyl (C=O) groups is 2. The third kappa shape index (κ3) is 4.01. The first-order valence-electron chi connectivity index (χ1n) is 6.62. The number of hydrogen-bond acceptors (Lipinski definition) is 5. The van der Waals surface area contributed by atoms with Crippen LogP contribution in [0.4, 0.5) is 0 Å². The van der Waals surface area contributed by atoms with Crippen LogP contribution in [-0.4, -0.2) is 43.3 Å². The molecule has 0 amide bonds. The lowest BCUT2D eigenvalue weighted by molar-refractivity contribution is -0.171. The van der Waals surface area contributed by atoms with Gasteiger partial charge in [0.2, 0.25) is 0 Å². The van der Waals surface area contributed by atoms with Crippen LogP contribution in [0.15, 0.2) is 0 Å². The fraction of sp³-hybridized carbons (Fsp3) is 0.857. The molecule has 0 aromatic heterocycles.